The Morgan fingerprint density at radius 1 is 1.18 bits per heavy atom. The van der Waals surface area contributed by atoms with E-state index in [-0.39, 0.29) is 23.4 Å². The summed E-state index contributed by atoms with van der Waals surface area (Å²) in [5.41, 5.74) is 4.77. The van der Waals surface area contributed by atoms with Gasteiger partial charge in [0.15, 0.2) is 0 Å². The largest absolute Gasteiger partial charge is 0.416 e. The molecule has 124 valence electrons. The number of rotatable bonds is 5. The average Bonchev–Trinajstić information content (AvgIpc) is 2.98. The minimum atomic E-state index is -4.49. The second-order valence-corrected chi connectivity index (χ2v) is 7.24. The number of alkyl halides is 3. The van der Waals surface area contributed by atoms with Gasteiger partial charge in [-0.15, -0.1) is 0 Å². The molecule has 2 rings (SSSR count). The number of benzene rings is 1. The molecule has 1 aliphatic rings. The summed E-state index contributed by atoms with van der Waals surface area (Å²) in [5.74, 6) is 0.189. The lowest BCUT2D eigenvalue weighted by Gasteiger charge is -2.23. The molecular formula is C14H19F3N2O2S. The van der Waals surface area contributed by atoms with E-state index in [1.165, 1.54) is 0 Å². The summed E-state index contributed by atoms with van der Waals surface area (Å²) in [6.45, 7) is 0.171. The van der Waals surface area contributed by atoms with Crippen LogP contribution in [-0.4, -0.2) is 21.0 Å². The van der Waals surface area contributed by atoms with E-state index in [9.17, 15) is 21.6 Å². The van der Waals surface area contributed by atoms with Gasteiger partial charge in [-0.25, -0.2) is 13.1 Å². The molecule has 0 radical (unpaired) electrons. The third-order valence-corrected chi connectivity index (χ3v) is 5.53. The fourth-order valence-electron chi connectivity index (χ4n) is 2.79. The van der Waals surface area contributed by atoms with Crippen molar-refractivity contribution in [3.63, 3.8) is 0 Å². The molecule has 1 aromatic rings. The summed E-state index contributed by atoms with van der Waals surface area (Å²) >= 11 is 0. The first-order chi connectivity index (χ1) is 10.2. The van der Waals surface area contributed by atoms with Crippen molar-refractivity contribution in [3.8, 4) is 0 Å². The molecular weight excluding hydrogens is 317 g/mol. The Hall–Kier alpha value is -1.12. The third kappa shape index (κ3) is 3.99. The van der Waals surface area contributed by atoms with Gasteiger partial charge in [0.05, 0.1) is 10.5 Å². The maximum Gasteiger partial charge on any atom is 0.416 e. The standard InChI is InChI=1S/C14H19F3N2O2S/c15-14(16,17)11-5-7-12(8-6-11)22(20,21)19-13(9-18)10-3-1-2-4-10/h5-8,10,13,19H,1-4,9,18H2. The van der Waals surface area contributed by atoms with Gasteiger partial charge in [-0.3, -0.25) is 0 Å². The number of halogens is 3. The summed E-state index contributed by atoms with van der Waals surface area (Å²) in [5, 5.41) is 0. The van der Waals surface area contributed by atoms with Crippen LogP contribution in [0.2, 0.25) is 0 Å². The van der Waals surface area contributed by atoms with Gasteiger partial charge < -0.3 is 5.73 Å². The second kappa shape index (κ2) is 6.55. The minimum Gasteiger partial charge on any atom is -0.329 e. The van der Waals surface area contributed by atoms with Gasteiger partial charge in [-0.2, -0.15) is 13.2 Å². The van der Waals surface area contributed by atoms with Crippen molar-refractivity contribution in [2.45, 2.75) is 42.8 Å². The zero-order chi connectivity index (χ0) is 16.4. The Morgan fingerprint density at radius 2 is 1.73 bits per heavy atom. The fourth-order valence-corrected chi connectivity index (χ4v) is 4.10. The van der Waals surface area contributed by atoms with Crippen molar-refractivity contribution in [1.29, 1.82) is 0 Å². The van der Waals surface area contributed by atoms with Crippen molar-refractivity contribution in [3.05, 3.63) is 29.8 Å². The zero-order valence-corrected chi connectivity index (χ0v) is 12.8. The first-order valence-corrected chi connectivity index (χ1v) is 8.62. The Kier molecular flexibility index (Phi) is 5.14. The van der Waals surface area contributed by atoms with E-state index in [1.54, 1.807) is 0 Å². The molecule has 1 aliphatic carbocycles. The molecule has 8 heteroatoms. The van der Waals surface area contributed by atoms with Gasteiger partial charge in [0.25, 0.3) is 0 Å². The summed E-state index contributed by atoms with van der Waals surface area (Å²) < 4.78 is 64.6. The van der Waals surface area contributed by atoms with Gasteiger partial charge in [0, 0.05) is 12.6 Å². The molecule has 0 aromatic heterocycles. The molecule has 0 bridgehead atoms. The van der Waals surface area contributed by atoms with Crippen molar-refractivity contribution in [2.24, 2.45) is 11.7 Å². The van der Waals surface area contributed by atoms with Crippen LogP contribution >= 0.6 is 0 Å². The Morgan fingerprint density at radius 3 is 2.18 bits per heavy atom. The Bertz CT molecular complexity index is 594. The number of nitrogens with one attached hydrogen (secondary N) is 1. The van der Waals surface area contributed by atoms with Crippen LogP contribution in [0, 0.1) is 5.92 Å². The third-order valence-electron chi connectivity index (χ3n) is 4.02. The Labute approximate surface area is 127 Å². The van der Waals surface area contributed by atoms with E-state index in [1.807, 2.05) is 0 Å². The van der Waals surface area contributed by atoms with Crippen LogP contribution < -0.4 is 10.5 Å². The predicted octanol–water partition coefficient (Wildman–Crippen LogP) is 2.50. The molecule has 0 saturated heterocycles. The lowest BCUT2D eigenvalue weighted by molar-refractivity contribution is -0.137. The van der Waals surface area contributed by atoms with Crippen molar-refractivity contribution in [2.75, 3.05) is 6.54 Å². The quantitative estimate of drug-likeness (QED) is 0.868. The molecule has 0 aliphatic heterocycles. The first kappa shape index (κ1) is 17.2. The lowest BCUT2D eigenvalue weighted by atomic mass is 9.99. The van der Waals surface area contributed by atoms with Crippen LogP contribution in [-0.2, 0) is 16.2 Å². The summed E-state index contributed by atoms with van der Waals surface area (Å²) in [6, 6.07) is 3.08. The minimum absolute atomic E-state index is 0.171. The van der Waals surface area contributed by atoms with E-state index in [4.69, 9.17) is 5.73 Å². The van der Waals surface area contributed by atoms with E-state index < -0.39 is 21.8 Å². The van der Waals surface area contributed by atoms with Crippen LogP contribution in [0.15, 0.2) is 29.2 Å². The van der Waals surface area contributed by atoms with Gasteiger partial charge >= 0.3 is 6.18 Å². The highest BCUT2D eigenvalue weighted by atomic mass is 32.2. The van der Waals surface area contributed by atoms with Crippen molar-refractivity contribution < 1.29 is 21.6 Å². The van der Waals surface area contributed by atoms with E-state index in [0.717, 1.165) is 49.9 Å². The highest BCUT2D eigenvalue weighted by Crippen LogP contribution is 2.30. The number of hydrogen-bond acceptors (Lipinski definition) is 3. The first-order valence-electron chi connectivity index (χ1n) is 7.13. The number of nitrogens with two attached hydrogens (primary N) is 1. The van der Waals surface area contributed by atoms with Gasteiger partial charge in [-0.1, -0.05) is 12.8 Å². The zero-order valence-electron chi connectivity index (χ0n) is 11.9. The molecule has 1 saturated carbocycles. The molecule has 1 atom stereocenters. The molecule has 4 nitrogen and oxygen atoms in total. The Balaban J connectivity index is 2.15. The maximum absolute atomic E-state index is 12.5. The normalized spacial score (nSPS) is 18.5. The van der Waals surface area contributed by atoms with Crippen LogP contribution in [0.5, 0.6) is 0 Å². The summed E-state index contributed by atoms with van der Waals surface area (Å²) in [6.07, 6.45) is -0.569. The molecule has 0 heterocycles. The smallest absolute Gasteiger partial charge is 0.329 e. The molecule has 0 spiro atoms. The number of sulfonamides is 1. The molecule has 0 amide bonds. The topological polar surface area (TPSA) is 72.2 Å². The summed E-state index contributed by atoms with van der Waals surface area (Å²) in [4.78, 5) is -0.183. The van der Waals surface area contributed by atoms with Crippen LogP contribution in [0.25, 0.3) is 0 Å². The van der Waals surface area contributed by atoms with E-state index in [0.29, 0.717) is 0 Å². The van der Waals surface area contributed by atoms with Gasteiger partial charge in [-0.05, 0) is 43.0 Å². The van der Waals surface area contributed by atoms with Gasteiger partial charge in [0.1, 0.15) is 0 Å². The fraction of sp³-hybridized carbons (Fsp3) is 0.571. The molecule has 22 heavy (non-hydrogen) atoms. The highest BCUT2D eigenvalue weighted by molar-refractivity contribution is 7.89. The number of hydrogen-bond donors (Lipinski definition) is 2. The molecule has 1 fully saturated rings. The second-order valence-electron chi connectivity index (χ2n) is 5.53. The van der Waals surface area contributed by atoms with E-state index in [2.05, 4.69) is 4.72 Å². The van der Waals surface area contributed by atoms with Crippen LogP contribution in [0.1, 0.15) is 31.2 Å². The highest BCUT2D eigenvalue weighted by Gasteiger charge is 2.32. The lowest BCUT2D eigenvalue weighted by Crippen LogP contribution is -2.44. The van der Waals surface area contributed by atoms with Crippen LogP contribution in [0.3, 0.4) is 0 Å². The SMILES string of the molecule is NCC(NS(=O)(=O)c1ccc(C(F)(F)F)cc1)C1CCCC1. The van der Waals surface area contributed by atoms with Gasteiger partial charge in [0.2, 0.25) is 10.0 Å². The molecule has 1 unspecified atom stereocenters. The monoisotopic (exact) mass is 336 g/mol. The van der Waals surface area contributed by atoms with Crippen molar-refractivity contribution in [1.82, 2.24) is 4.72 Å². The van der Waals surface area contributed by atoms with Crippen molar-refractivity contribution >= 4 is 10.0 Å². The average molecular weight is 336 g/mol. The predicted molar refractivity (Wildman–Crippen MR) is 76.6 cm³/mol. The van der Waals surface area contributed by atoms with E-state index >= 15 is 0 Å². The maximum atomic E-state index is 12.5. The molecule has 1 aromatic carbocycles. The van der Waals surface area contributed by atoms with Crippen LogP contribution in [0.4, 0.5) is 13.2 Å². The summed E-state index contributed by atoms with van der Waals surface area (Å²) in [7, 11) is -3.87. The molecule has 3 N–H and O–H groups in total.